The van der Waals surface area contributed by atoms with E-state index in [4.69, 9.17) is 10.5 Å². The minimum absolute atomic E-state index is 0.545. The van der Waals surface area contributed by atoms with Crippen molar-refractivity contribution in [3.63, 3.8) is 0 Å². The van der Waals surface area contributed by atoms with E-state index in [1.807, 2.05) is 49.5 Å². The van der Waals surface area contributed by atoms with E-state index in [-0.39, 0.29) is 0 Å². The van der Waals surface area contributed by atoms with Crippen LogP contribution in [-0.4, -0.2) is 18.1 Å². The molecule has 0 saturated carbocycles. The quantitative estimate of drug-likeness (QED) is 0.625. The van der Waals surface area contributed by atoms with Crippen LogP contribution in [0.25, 0.3) is 0 Å². The van der Waals surface area contributed by atoms with E-state index in [1.54, 1.807) is 0 Å². The van der Waals surface area contributed by atoms with E-state index in [2.05, 4.69) is 10.3 Å². The highest BCUT2D eigenvalue weighted by atomic mass is 16.5. The molecule has 2 aromatic rings. The number of para-hydroxylation sites is 2. The summed E-state index contributed by atoms with van der Waals surface area (Å²) in [5, 5.41) is 3.18. The molecule has 4 heteroatoms. The van der Waals surface area contributed by atoms with Crippen LogP contribution in [0.2, 0.25) is 0 Å². The number of benzene rings is 1. The molecule has 0 bridgehead atoms. The summed E-state index contributed by atoms with van der Waals surface area (Å²) in [6.07, 6.45) is 1.83. The van der Waals surface area contributed by atoms with Crippen molar-refractivity contribution >= 4 is 11.5 Å². The molecule has 0 aliphatic heterocycles. The number of nitrogens with one attached hydrogen (secondary N) is 1. The number of anilines is 2. The lowest BCUT2D eigenvalue weighted by Gasteiger charge is -2.09. The lowest BCUT2D eigenvalue weighted by Crippen LogP contribution is -2.12. The largest absolute Gasteiger partial charge is 0.490 e. The van der Waals surface area contributed by atoms with E-state index in [0.29, 0.717) is 18.8 Å². The summed E-state index contributed by atoms with van der Waals surface area (Å²) in [5.74, 6) is 1.57. The molecule has 0 aliphatic rings. The number of pyridine rings is 1. The van der Waals surface area contributed by atoms with Crippen molar-refractivity contribution in [2.24, 2.45) is 0 Å². The van der Waals surface area contributed by atoms with Crippen LogP contribution >= 0.6 is 0 Å². The molecular formula is C14H17N3O. The lowest BCUT2D eigenvalue weighted by molar-refractivity contribution is 0.334. The van der Waals surface area contributed by atoms with Gasteiger partial charge in [0.2, 0.25) is 0 Å². The zero-order chi connectivity index (χ0) is 12.8. The molecule has 0 radical (unpaired) electrons. The number of nitrogens with two attached hydrogens (primary N) is 1. The number of hydrogen-bond donors (Lipinski definition) is 2. The molecule has 0 amide bonds. The zero-order valence-electron chi connectivity index (χ0n) is 10.4. The first kappa shape index (κ1) is 12.2. The van der Waals surface area contributed by atoms with E-state index in [1.165, 1.54) is 0 Å². The Kier molecular flexibility index (Phi) is 4.02. The van der Waals surface area contributed by atoms with Crippen molar-refractivity contribution < 1.29 is 4.74 Å². The molecule has 0 spiro atoms. The number of ether oxygens (including phenoxy) is 1. The van der Waals surface area contributed by atoms with Crippen molar-refractivity contribution in [2.45, 2.75) is 6.92 Å². The van der Waals surface area contributed by atoms with E-state index < -0.39 is 0 Å². The highest BCUT2D eigenvalue weighted by molar-refractivity contribution is 5.51. The number of nitrogens with zero attached hydrogens (tertiary/aromatic N) is 1. The van der Waals surface area contributed by atoms with Gasteiger partial charge in [0, 0.05) is 6.20 Å². The van der Waals surface area contributed by atoms with E-state index in [0.717, 1.165) is 17.1 Å². The van der Waals surface area contributed by atoms with Crippen LogP contribution in [0.1, 0.15) is 5.56 Å². The summed E-state index contributed by atoms with van der Waals surface area (Å²) < 4.78 is 5.57. The predicted octanol–water partition coefficient (Wildman–Crippen LogP) is 2.46. The van der Waals surface area contributed by atoms with Gasteiger partial charge in [0.05, 0.1) is 12.2 Å². The summed E-state index contributed by atoms with van der Waals surface area (Å²) in [6, 6.07) is 11.4. The number of rotatable bonds is 5. The van der Waals surface area contributed by atoms with Crippen LogP contribution in [-0.2, 0) is 0 Å². The van der Waals surface area contributed by atoms with E-state index >= 15 is 0 Å². The van der Waals surface area contributed by atoms with Gasteiger partial charge in [-0.1, -0.05) is 18.2 Å². The maximum absolute atomic E-state index is 5.77. The van der Waals surface area contributed by atoms with Crippen LogP contribution in [0.4, 0.5) is 11.5 Å². The third-order valence-corrected chi connectivity index (χ3v) is 2.50. The Morgan fingerprint density at radius 3 is 2.78 bits per heavy atom. The topological polar surface area (TPSA) is 60.2 Å². The van der Waals surface area contributed by atoms with Crippen molar-refractivity contribution in [3.8, 4) is 5.75 Å². The maximum atomic E-state index is 5.77. The molecule has 0 atom stereocenters. The second-order valence-corrected chi connectivity index (χ2v) is 4.03. The highest BCUT2D eigenvalue weighted by Crippen LogP contribution is 2.19. The summed E-state index contributed by atoms with van der Waals surface area (Å²) in [7, 11) is 0. The summed E-state index contributed by atoms with van der Waals surface area (Å²) in [5.41, 5.74) is 7.58. The standard InChI is InChI=1S/C14H17N3O/c1-11-6-7-14(17-10-11)16-8-9-18-13-5-3-2-4-12(13)15/h2-7,10H,8-9,15H2,1H3,(H,16,17). The molecule has 94 valence electrons. The Hall–Kier alpha value is -2.23. The Bertz CT molecular complexity index is 497. The van der Waals surface area contributed by atoms with Crippen LogP contribution in [0.5, 0.6) is 5.75 Å². The Morgan fingerprint density at radius 1 is 1.22 bits per heavy atom. The van der Waals surface area contributed by atoms with Crippen molar-refractivity contribution in [1.82, 2.24) is 4.98 Å². The minimum Gasteiger partial charge on any atom is -0.490 e. The molecule has 0 fully saturated rings. The summed E-state index contributed by atoms with van der Waals surface area (Å²) in [6.45, 7) is 3.24. The van der Waals surface area contributed by atoms with Crippen molar-refractivity contribution in [1.29, 1.82) is 0 Å². The van der Waals surface area contributed by atoms with Gasteiger partial charge < -0.3 is 15.8 Å². The summed E-state index contributed by atoms with van der Waals surface area (Å²) in [4.78, 5) is 4.25. The normalized spacial score (nSPS) is 10.1. The molecule has 1 aromatic heterocycles. The fourth-order valence-electron chi connectivity index (χ4n) is 1.52. The van der Waals surface area contributed by atoms with Crippen LogP contribution in [0.15, 0.2) is 42.6 Å². The van der Waals surface area contributed by atoms with Gasteiger partial charge in [0.15, 0.2) is 0 Å². The average molecular weight is 243 g/mol. The fourth-order valence-corrected chi connectivity index (χ4v) is 1.52. The van der Waals surface area contributed by atoms with Gasteiger partial charge in [0.25, 0.3) is 0 Å². The van der Waals surface area contributed by atoms with Gasteiger partial charge in [-0.3, -0.25) is 0 Å². The first-order valence-electron chi connectivity index (χ1n) is 5.89. The Balaban J connectivity index is 1.76. The predicted molar refractivity (Wildman–Crippen MR) is 73.8 cm³/mol. The molecule has 1 heterocycles. The van der Waals surface area contributed by atoms with Crippen LogP contribution < -0.4 is 15.8 Å². The number of nitrogen functional groups attached to an aromatic ring is 1. The van der Waals surface area contributed by atoms with Gasteiger partial charge in [-0.25, -0.2) is 4.98 Å². The minimum atomic E-state index is 0.545. The molecule has 0 unspecified atom stereocenters. The van der Waals surface area contributed by atoms with E-state index in [9.17, 15) is 0 Å². The van der Waals surface area contributed by atoms with Crippen LogP contribution in [0.3, 0.4) is 0 Å². The SMILES string of the molecule is Cc1ccc(NCCOc2ccccc2N)nc1. The molecular weight excluding hydrogens is 226 g/mol. The number of aromatic nitrogens is 1. The van der Waals surface area contributed by atoms with Gasteiger partial charge in [0.1, 0.15) is 18.2 Å². The maximum Gasteiger partial charge on any atom is 0.142 e. The van der Waals surface area contributed by atoms with Gasteiger partial charge in [-0.2, -0.15) is 0 Å². The average Bonchev–Trinajstić information content (AvgIpc) is 2.39. The highest BCUT2D eigenvalue weighted by Gasteiger charge is 1.98. The molecule has 3 N–H and O–H groups in total. The zero-order valence-corrected chi connectivity index (χ0v) is 10.4. The Labute approximate surface area is 107 Å². The number of hydrogen-bond acceptors (Lipinski definition) is 4. The first-order chi connectivity index (χ1) is 8.75. The van der Waals surface area contributed by atoms with Gasteiger partial charge >= 0.3 is 0 Å². The second kappa shape index (κ2) is 5.91. The fraction of sp³-hybridized carbons (Fsp3) is 0.214. The third kappa shape index (κ3) is 3.38. The molecule has 2 rings (SSSR count). The second-order valence-electron chi connectivity index (χ2n) is 4.03. The molecule has 0 saturated heterocycles. The monoisotopic (exact) mass is 243 g/mol. The molecule has 4 nitrogen and oxygen atoms in total. The third-order valence-electron chi connectivity index (χ3n) is 2.50. The van der Waals surface area contributed by atoms with Crippen molar-refractivity contribution in [3.05, 3.63) is 48.2 Å². The smallest absolute Gasteiger partial charge is 0.142 e. The van der Waals surface area contributed by atoms with Crippen molar-refractivity contribution in [2.75, 3.05) is 24.2 Å². The van der Waals surface area contributed by atoms with Crippen LogP contribution in [0, 0.1) is 6.92 Å². The molecule has 0 aliphatic carbocycles. The first-order valence-corrected chi connectivity index (χ1v) is 5.89. The van der Waals surface area contributed by atoms with Gasteiger partial charge in [-0.05, 0) is 30.7 Å². The number of aryl methyl sites for hydroxylation is 1. The lowest BCUT2D eigenvalue weighted by atomic mass is 10.3. The molecule has 18 heavy (non-hydrogen) atoms. The molecule has 1 aromatic carbocycles. The Morgan fingerprint density at radius 2 is 2.06 bits per heavy atom. The van der Waals surface area contributed by atoms with Gasteiger partial charge in [-0.15, -0.1) is 0 Å². The summed E-state index contributed by atoms with van der Waals surface area (Å²) >= 11 is 0.